The highest BCUT2D eigenvalue weighted by atomic mass is 32.1. The minimum absolute atomic E-state index is 0.399. The van der Waals surface area contributed by atoms with Crippen LogP contribution in [0.3, 0.4) is 0 Å². The van der Waals surface area contributed by atoms with Crippen molar-refractivity contribution in [3.63, 3.8) is 0 Å². The Bertz CT molecular complexity index is 287. The molecule has 0 bridgehead atoms. The molecule has 0 amide bonds. The van der Waals surface area contributed by atoms with E-state index in [9.17, 15) is 0 Å². The van der Waals surface area contributed by atoms with E-state index in [1.165, 1.54) is 0 Å². The number of methoxy groups -OCH3 is 1. The van der Waals surface area contributed by atoms with Gasteiger partial charge < -0.3 is 4.74 Å². The second-order valence-corrected chi connectivity index (χ2v) is 3.44. The summed E-state index contributed by atoms with van der Waals surface area (Å²) in [5.74, 6) is 0.819. The molecule has 0 heterocycles. The van der Waals surface area contributed by atoms with Gasteiger partial charge >= 0.3 is 0 Å². The van der Waals surface area contributed by atoms with Crippen LogP contribution in [-0.2, 0) is 0 Å². The van der Waals surface area contributed by atoms with Gasteiger partial charge in [-0.1, -0.05) is 12.2 Å². The number of thiol groups is 1. The molecule has 1 aromatic carbocycles. The average Bonchev–Trinajstić information content (AvgIpc) is 2.15. The van der Waals surface area contributed by atoms with Crippen molar-refractivity contribution in [2.75, 3.05) is 12.5 Å². The Hall–Kier alpha value is -0.940. The van der Waals surface area contributed by atoms with Crippen LogP contribution in [0.25, 0.3) is 0 Å². The molecule has 0 aliphatic carbocycles. The molecule has 13 heavy (non-hydrogen) atoms. The number of nitrogens with one attached hydrogen (secondary N) is 2. The van der Waals surface area contributed by atoms with Gasteiger partial charge in [-0.3, -0.25) is 10.9 Å². The van der Waals surface area contributed by atoms with E-state index in [4.69, 9.17) is 17.0 Å². The maximum atomic E-state index is 5.01. The molecule has 0 aromatic heterocycles. The Labute approximate surface area is 87.9 Å². The van der Waals surface area contributed by atoms with E-state index in [1.54, 1.807) is 7.11 Å². The first-order chi connectivity index (χ1) is 6.22. The van der Waals surface area contributed by atoms with Gasteiger partial charge in [0.1, 0.15) is 10.1 Å². The van der Waals surface area contributed by atoms with Gasteiger partial charge in [-0.25, -0.2) is 0 Å². The summed E-state index contributed by atoms with van der Waals surface area (Å²) < 4.78 is 5.40. The molecule has 0 saturated heterocycles. The van der Waals surface area contributed by atoms with Gasteiger partial charge in [0.15, 0.2) is 0 Å². The van der Waals surface area contributed by atoms with Crippen molar-refractivity contribution in [3.05, 3.63) is 24.3 Å². The average molecular weight is 214 g/mol. The molecule has 0 radical (unpaired) electrons. The Morgan fingerprint density at radius 3 is 2.46 bits per heavy atom. The third kappa shape index (κ3) is 3.52. The van der Waals surface area contributed by atoms with Crippen molar-refractivity contribution in [2.45, 2.75) is 0 Å². The van der Waals surface area contributed by atoms with Crippen LogP contribution in [0.15, 0.2) is 24.3 Å². The number of rotatable bonds is 3. The van der Waals surface area contributed by atoms with Crippen LogP contribution >= 0.6 is 24.8 Å². The fourth-order valence-electron chi connectivity index (χ4n) is 0.800. The van der Waals surface area contributed by atoms with Gasteiger partial charge in [-0.15, -0.1) is 12.6 Å². The Morgan fingerprint density at radius 1 is 1.38 bits per heavy atom. The van der Waals surface area contributed by atoms with E-state index in [2.05, 4.69) is 23.5 Å². The first-order valence-corrected chi connectivity index (χ1v) is 4.47. The number of hydrogen-bond acceptors (Lipinski definition) is 3. The van der Waals surface area contributed by atoms with Crippen LogP contribution in [0.4, 0.5) is 5.69 Å². The smallest absolute Gasteiger partial charge is 0.149 e. The highest BCUT2D eigenvalue weighted by Crippen LogP contribution is 2.13. The zero-order chi connectivity index (χ0) is 9.68. The van der Waals surface area contributed by atoms with Crippen LogP contribution in [-0.4, -0.2) is 11.4 Å². The Balaban J connectivity index is 2.54. The second kappa shape index (κ2) is 4.94. The summed E-state index contributed by atoms with van der Waals surface area (Å²) in [4.78, 5) is 0. The summed E-state index contributed by atoms with van der Waals surface area (Å²) in [7, 11) is 1.63. The van der Waals surface area contributed by atoms with Crippen molar-refractivity contribution in [2.24, 2.45) is 0 Å². The fraction of sp³-hybridized carbons (Fsp3) is 0.125. The lowest BCUT2D eigenvalue weighted by atomic mass is 10.3. The van der Waals surface area contributed by atoms with E-state index in [0.717, 1.165) is 11.4 Å². The summed E-state index contributed by atoms with van der Waals surface area (Å²) >= 11 is 8.61. The molecule has 70 valence electrons. The normalized spacial score (nSPS) is 9.08. The quantitative estimate of drug-likeness (QED) is 0.407. The lowest BCUT2D eigenvalue weighted by Gasteiger charge is -2.07. The second-order valence-electron chi connectivity index (χ2n) is 2.28. The largest absolute Gasteiger partial charge is 0.497 e. The molecule has 0 saturated carbocycles. The van der Waals surface area contributed by atoms with E-state index >= 15 is 0 Å². The molecule has 5 heteroatoms. The Kier molecular flexibility index (Phi) is 3.85. The summed E-state index contributed by atoms with van der Waals surface area (Å²) in [5.41, 5.74) is 6.48. The number of ether oxygens (including phenoxy) is 1. The van der Waals surface area contributed by atoms with Gasteiger partial charge in [0.25, 0.3) is 0 Å². The molecular formula is C8H10N2OS2. The monoisotopic (exact) mass is 214 g/mol. The van der Waals surface area contributed by atoms with Crippen molar-refractivity contribution in [1.29, 1.82) is 0 Å². The van der Waals surface area contributed by atoms with Gasteiger partial charge in [-0.2, -0.15) is 0 Å². The van der Waals surface area contributed by atoms with Crippen molar-refractivity contribution >= 4 is 34.9 Å². The number of hydrazine groups is 1. The summed E-state index contributed by atoms with van der Waals surface area (Å²) in [5, 5.41) is 0. The van der Waals surface area contributed by atoms with Crippen molar-refractivity contribution in [3.8, 4) is 5.75 Å². The minimum atomic E-state index is 0.399. The zero-order valence-electron chi connectivity index (χ0n) is 7.07. The van der Waals surface area contributed by atoms with E-state index in [0.29, 0.717) is 4.32 Å². The van der Waals surface area contributed by atoms with Crippen LogP contribution in [0.2, 0.25) is 0 Å². The maximum Gasteiger partial charge on any atom is 0.149 e. The van der Waals surface area contributed by atoms with Gasteiger partial charge in [0.2, 0.25) is 0 Å². The van der Waals surface area contributed by atoms with Gasteiger partial charge in [0, 0.05) is 0 Å². The predicted molar refractivity (Wildman–Crippen MR) is 61.3 cm³/mol. The highest BCUT2D eigenvalue weighted by Gasteiger charge is 1.92. The topological polar surface area (TPSA) is 33.3 Å². The van der Waals surface area contributed by atoms with Crippen LogP contribution in [0.5, 0.6) is 5.75 Å². The van der Waals surface area contributed by atoms with Crippen LogP contribution in [0, 0.1) is 0 Å². The molecule has 0 unspecified atom stereocenters. The molecule has 0 fully saturated rings. The standard InChI is InChI=1S/C8H10N2OS2/c1-11-7-4-2-6(3-5-7)9-10-8(12)13/h2-5,9H,1H3,(H2,10,12,13). The summed E-state index contributed by atoms with van der Waals surface area (Å²) in [6.07, 6.45) is 0. The Morgan fingerprint density at radius 2 is 2.00 bits per heavy atom. The van der Waals surface area contributed by atoms with Crippen molar-refractivity contribution < 1.29 is 4.74 Å². The number of hydrogen-bond donors (Lipinski definition) is 3. The highest BCUT2D eigenvalue weighted by molar-refractivity contribution is 8.11. The molecule has 0 spiro atoms. The van der Waals surface area contributed by atoms with Gasteiger partial charge in [0.05, 0.1) is 12.8 Å². The van der Waals surface area contributed by atoms with E-state index in [1.807, 2.05) is 24.3 Å². The fourth-order valence-corrected chi connectivity index (χ4v) is 0.907. The molecular weight excluding hydrogens is 204 g/mol. The summed E-state index contributed by atoms with van der Waals surface area (Å²) in [6.45, 7) is 0. The zero-order valence-corrected chi connectivity index (χ0v) is 8.78. The van der Waals surface area contributed by atoms with Crippen molar-refractivity contribution in [1.82, 2.24) is 5.43 Å². The number of anilines is 1. The molecule has 1 aromatic rings. The first kappa shape index (κ1) is 10.1. The predicted octanol–water partition coefficient (Wildman–Crippen LogP) is 1.83. The molecule has 2 N–H and O–H groups in total. The minimum Gasteiger partial charge on any atom is -0.497 e. The number of benzene rings is 1. The third-order valence-corrected chi connectivity index (χ3v) is 1.62. The SMILES string of the molecule is COc1ccc(NNC(=S)S)cc1. The number of thiocarbonyl (C=S) groups is 1. The molecule has 1 rings (SSSR count). The van der Waals surface area contributed by atoms with Gasteiger partial charge in [-0.05, 0) is 24.3 Å². The lowest BCUT2D eigenvalue weighted by Crippen LogP contribution is -2.23. The van der Waals surface area contributed by atoms with Crippen LogP contribution in [0.1, 0.15) is 0 Å². The maximum absolute atomic E-state index is 5.01. The molecule has 0 aliphatic heterocycles. The molecule has 3 nitrogen and oxygen atoms in total. The molecule has 0 aliphatic rings. The lowest BCUT2D eigenvalue weighted by molar-refractivity contribution is 0.415. The van der Waals surface area contributed by atoms with Crippen LogP contribution < -0.4 is 15.6 Å². The first-order valence-electron chi connectivity index (χ1n) is 3.61. The summed E-state index contributed by atoms with van der Waals surface area (Å²) in [6, 6.07) is 7.45. The molecule has 0 atom stereocenters. The third-order valence-electron chi connectivity index (χ3n) is 1.40. The van der Waals surface area contributed by atoms with E-state index < -0.39 is 0 Å². The van der Waals surface area contributed by atoms with E-state index in [-0.39, 0.29) is 0 Å².